The number of aromatic nitrogens is 1. The summed E-state index contributed by atoms with van der Waals surface area (Å²) in [5, 5.41) is 14.9. The number of benzene rings is 2. The molecule has 0 bridgehead atoms. The van der Waals surface area contributed by atoms with Crippen LogP contribution >= 0.6 is 34.8 Å². The van der Waals surface area contributed by atoms with E-state index in [-0.39, 0.29) is 30.1 Å². The predicted molar refractivity (Wildman–Crippen MR) is 168 cm³/mol. The summed E-state index contributed by atoms with van der Waals surface area (Å²) in [6.07, 6.45) is 11.8. The first-order valence-electron chi connectivity index (χ1n) is 14.8. The molecule has 226 valence electrons. The third kappa shape index (κ3) is 8.42. The number of carboxylic acid groups (broad SMARTS) is 1. The van der Waals surface area contributed by atoms with Gasteiger partial charge in [0.05, 0.1) is 10.0 Å². The zero-order chi connectivity index (χ0) is 30.1. The van der Waals surface area contributed by atoms with E-state index in [4.69, 9.17) is 34.8 Å². The summed E-state index contributed by atoms with van der Waals surface area (Å²) in [7, 11) is 0. The molecule has 1 unspecified atom stereocenters. The molecule has 1 fully saturated rings. The predicted octanol–water partition coefficient (Wildman–Crippen LogP) is 8.71. The van der Waals surface area contributed by atoms with Gasteiger partial charge in [0.1, 0.15) is 11.7 Å². The second-order valence-corrected chi connectivity index (χ2v) is 12.3. The molecule has 1 aliphatic rings. The lowest BCUT2D eigenvalue weighted by atomic mass is 9.98. The molecule has 7 nitrogen and oxygen atoms in total. The van der Waals surface area contributed by atoms with Gasteiger partial charge in [-0.2, -0.15) is 0 Å². The first-order valence-corrected chi connectivity index (χ1v) is 15.9. The summed E-state index contributed by atoms with van der Waals surface area (Å²) in [4.78, 5) is 45.0. The Kier molecular flexibility index (Phi) is 12.0. The first kappa shape index (κ1) is 32.2. The highest BCUT2D eigenvalue weighted by Gasteiger charge is 2.37. The number of hydrogen-bond acceptors (Lipinski definition) is 3. The number of hydrogen-bond donors (Lipinski definition) is 3. The quantitative estimate of drug-likeness (QED) is 0.267. The van der Waals surface area contributed by atoms with Gasteiger partial charge in [-0.3, -0.25) is 9.59 Å². The average molecular weight is 635 g/mol. The molecule has 1 aliphatic heterocycles. The fourth-order valence-corrected chi connectivity index (χ4v) is 6.17. The number of carboxylic acids is 1. The van der Waals surface area contributed by atoms with Crippen LogP contribution in [-0.2, 0) is 16.1 Å². The molecule has 42 heavy (non-hydrogen) atoms. The number of aromatic carboxylic acids is 1. The van der Waals surface area contributed by atoms with E-state index in [1.165, 1.54) is 30.6 Å². The molecule has 2 amide bonds. The van der Waals surface area contributed by atoms with Crippen LogP contribution < -0.4 is 5.32 Å². The molecular formula is C32H38Cl3N3O4. The van der Waals surface area contributed by atoms with E-state index in [0.717, 1.165) is 38.5 Å². The van der Waals surface area contributed by atoms with Crippen molar-refractivity contribution in [2.24, 2.45) is 0 Å². The number of rotatable bonds is 4. The van der Waals surface area contributed by atoms with Gasteiger partial charge in [-0.15, -0.1) is 0 Å². The molecule has 0 radical (unpaired) electrons. The van der Waals surface area contributed by atoms with Crippen molar-refractivity contribution in [3.05, 3.63) is 68.3 Å². The highest BCUT2D eigenvalue weighted by atomic mass is 35.5. The van der Waals surface area contributed by atoms with Gasteiger partial charge in [0.25, 0.3) is 0 Å². The summed E-state index contributed by atoms with van der Waals surface area (Å²) in [6, 6.07) is 8.84. The van der Waals surface area contributed by atoms with E-state index in [1.54, 1.807) is 36.4 Å². The van der Waals surface area contributed by atoms with Crippen LogP contribution in [0.15, 0.2) is 36.4 Å². The van der Waals surface area contributed by atoms with E-state index < -0.39 is 17.9 Å². The topological polar surface area (TPSA) is 102 Å². The number of H-pyrrole nitrogens is 1. The van der Waals surface area contributed by atoms with Crippen molar-refractivity contribution in [3.63, 3.8) is 0 Å². The first-order chi connectivity index (χ1) is 20.3. The molecule has 0 aliphatic carbocycles. The lowest BCUT2D eigenvalue weighted by Crippen LogP contribution is -2.44. The maximum atomic E-state index is 14.1. The zero-order valence-corrected chi connectivity index (χ0v) is 26.0. The number of halogens is 3. The van der Waals surface area contributed by atoms with Crippen molar-refractivity contribution in [1.82, 2.24) is 15.2 Å². The van der Waals surface area contributed by atoms with Crippen LogP contribution in [0.4, 0.5) is 0 Å². The normalized spacial score (nSPS) is 18.8. The molecule has 3 N–H and O–H groups in total. The summed E-state index contributed by atoms with van der Waals surface area (Å²) < 4.78 is 0. The van der Waals surface area contributed by atoms with Gasteiger partial charge in [0.15, 0.2) is 0 Å². The molecule has 1 atom stereocenters. The van der Waals surface area contributed by atoms with Crippen molar-refractivity contribution in [1.29, 1.82) is 0 Å². The monoisotopic (exact) mass is 633 g/mol. The van der Waals surface area contributed by atoms with Crippen molar-refractivity contribution < 1.29 is 19.5 Å². The fourth-order valence-electron chi connectivity index (χ4n) is 5.67. The minimum absolute atomic E-state index is 0.0487. The number of amides is 2. The van der Waals surface area contributed by atoms with Crippen LogP contribution in [0.25, 0.3) is 10.9 Å². The molecule has 10 heteroatoms. The Bertz CT molecular complexity index is 1410. The van der Waals surface area contributed by atoms with Gasteiger partial charge in [0.2, 0.25) is 11.8 Å². The minimum Gasteiger partial charge on any atom is -0.477 e. The summed E-state index contributed by atoms with van der Waals surface area (Å²) >= 11 is 18.7. The number of carbonyl (C=O) groups excluding carboxylic acids is 2. The molecule has 0 spiro atoms. The standard InChI is InChI=1S/C32H38Cl3N3O4/c33-22-14-15-23-26(19-22)37-29(32(41)42)28(23)30-31(40)36-17-11-9-7-5-3-1-2-4-6-8-10-12-27(39)38(30)20-21-13-16-24(34)25(35)18-21/h13-16,18-19,30,37H,1-12,17,20H2,(H,36,40)(H,41,42). The summed E-state index contributed by atoms with van der Waals surface area (Å²) in [6.45, 7) is 0.480. The largest absolute Gasteiger partial charge is 0.477 e. The second-order valence-electron chi connectivity index (χ2n) is 11.0. The van der Waals surface area contributed by atoms with Crippen LogP contribution in [0.1, 0.15) is 105 Å². The molecule has 4 rings (SSSR count). The molecule has 0 saturated carbocycles. The Morgan fingerprint density at radius 3 is 2.12 bits per heavy atom. The SMILES string of the molecule is O=C(O)c1[nH]c2cc(Cl)ccc2c1C1C(=O)NCCCCCCCCCCCCCC(=O)N1Cc1ccc(Cl)c(Cl)c1. The average Bonchev–Trinajstić information content (AvgIpc) is 3.32. The molecule has 1 saturated heterocycles. The van der Waals surface area contributed by atoms with Crippen LogP contribution in [0, 0.1) is 0 Å². The van der Waals surface area contributed by atoms with Crippen molar-refractivity contribution in [2.75, 3.05) is 6.54 Å². The van der Waals surface area contributed by atoms with Crippen molar-refractivity contribution in [2.45, 2.75) is 89.6 Å². The van der Waals surface area contributed by atoms with E-state index in [9.17, 15) is 19.5 Å². The second kappa shape index (κ2) is 15.6. The van der Waals surface area contributed by atoms with Crippen LogP contribution in [-0.4, -0.2) is 39.3 Å². The minimum atomic E-state index is -1.23. The van der Waals surface area contributed by atoms with Gasteiger partial charge in [-0.05, 0) is 42.7 Å². The van der Waals surface area contributed by atoms with Crippen LogP contribution in [0.3, 0.4) is 0 Å². The van der Waals surface area contributed by atoms with Gasteiger partial charge < -0.3 is 20.3 Å². The molecule has 2 heterocycles. The Morgan fingerprint density at radius 2 is 1.48 bits per heavy atom. The Morgan fingerprint density at radius 1 is 0.833 bits per heavy atom. The van der Waals surface area contributed by atoms with Crippen molar-refractivity contribution in [3.8, 4) is 0 Å². The Balaban J connectivity index is 1.79. The molecule has 1 aromatic heterocycles. The Hall–Kier alpha value is -2.74. The number of carbonyl (C=O) groups is 3. The highest BCUT2D eigenvalue weighted by Crippen LogP contribution is 2.36. The summed E-state index contributed by atoms with van der Waals surface area (Å²) in [5.74, 6) is -1.89. The zero-order valence-electron chi connectivity index (χ0n) is 23.7. The lowest BCUT2D eigenvalue weighted by Gasteiger charge is -2.32. The van der Waals surface area contributed by atoms with Crippen molar-refractivity contribution >= 4 is 63.5 Å². The highest BCUT2D eigenvalue weighted by molar-refractivity contribution is 6.42. The maximum Gasteiger partial charge on any atom is 0.352 e. The number of nitrogens with one attached hydrogen (secondary N) is 2. The van der Waals surface area contributed by atoms with E-state index in [1.807, 2.05) is 0 Å². The van der Waals surface area contributed by atoms with Gasteiger partial charge in [-0.25, -0.2) is 4.79 Å². The van der Waals surface area contributed by atoms with Gasteiger partial charge in [-0.1, -0.05) is 105 Å². The maximum absolute atomic E-state index is 14.1. The third-order valence-corrected chi connectivity index (χ3v) is 8.85. The fraction of sp³-hybridized carbons (Fsp3) is 0.469. The smallest absolute Gasteiger partial charge is 0.352 e. The number of aromatic amines is 1. The van der Waals surface area contributed by atoms with Gasteiger partial charge >= 0.3 is 5.97 Å². The molecular weight excluding hydrogens is 597 g/mol. The van der Waals surface area contributed by atoms with Crippen LogP contribution in [0.5, 0.6) is 0 Å². The van der Waals surface area contributed by atoms with E-state index in [0.29, 0.717) is 44.5 Å². The van der Waals surface area contributed by atoms with Crippen LogP contribution in [0.2, 0.25) is 15.1 Å². The lowest BCUT2D eigenvalue weighted by molar-refractivity contribution is -0.141. The molecule has 3 aromatic rings. The third-order valence-electron chi connectivity index (χ3n) is 7.87. The number of fused-ring (bicyclic) bond motifs is 1. The van der Waals surface area contributed by atoms with Gasteiger partial charge in [0, 0.05) is 41.0 Å². The van der Waals surface area contributed by atoms with E-state index in [2.05, 4.69) is 10.3 Å². The number of nitrogens with zero attached hydrogens (tertiary/aromatic N) is 1. The van der Waals surface area contributed by atoms with E-state index >= 15 is 0 Å². The summed E-state index contributed by atoms with van der Waals surface area (Å²) in [5.41, 5.74) is 1.23. The Labute approximate surface area is 261 Å². The molecule has 2 aromatic carbocycles.